The fourth-order valence-corrected chi connectivity index (χ4v) is 4.87. The number of nitrogens with zero attached hydrogens (tertiary/aromatic N) is 1. The third kappa shape index (κ3) is 5.41. The van der Waals surface area contributed by atoms with E-state index in [0.717, 1.165) is 55.0 Å². The number of methoxy groups -OCH3 is 4. The van der Waals surface area contributed by atoms with E-state index in [1.807, 2.05) is 24.3 Å². The fraction of sp³-hybridized carbons (Fsp3) is 0.500. The summed E-state index contributed by atoms with van der Waals surface area (Å²) in [6.45, 7) is 4.94. The van der Waals surface area contributed by atoms with Crippen molar-refractivity contribution in [2.24, 2.45) is 0 Å². The summed E-state index contributed by atoms with van der Waals surface area (Å²) in [5, 5.41) is 6.41. The predicted octanol–water partition coefficient (Wildman–Crippen LogP) is 3.01. The maximum absolute atomic E-state index is 12.8. The van der Waals surface area contributed by atoms with Crippen molar-refractivity contribution in [2.45, 2.75) is 18.9 Å². The Morgan fingerprint density at radius 1 is 1.03 bits per heavy atom. The summed E-state index contributed by atoms with van der Waals surface area (Å²) < 4.78 is 28.1. The molecule has 1 aliphatic carbocycles. The van der Waals surface area contributed by atoms with Crippen molar-refractivity contribution in [3.05, 3.63) is 35.4 Å². The van der Waals surface area contributed by atoms with Gasteiger partial charge in [0, 0.05) is 38.3 Å². The Bertz CT molecular complexity index is 1040. The van der Waals surface area contributed by atoms with Crippen molar-refractivity contribution in [3.8, 4) is 34.1 Å². The second-order valence-electron chi connectivity index (χ2n) is 8.60. The number of hydrogen-bond donors (Lipinski definition) is 2. The SMILES string of the molecule is COc1ccc2c(c1)[C@H](NC(=O)OCCN1CCNCC1)CCc1cc(OC)c(OC)c(OC)c1-2. The molecule has 190 valence electrons. The third-order valence-corrected chi connectivity index (χ3v) is 6.66. The summed E-state index contributed by atoms with van der Waals surface area (Å²) in [7, 11) is 6.46. The van der Waals surface area contributed by atoms with Crippen LogP contribution in [-0.2, 0) is 11.2 Å². The van der Waals surface area contributed by atoms with Crippen molar-refractivity contribution in [3.63, 3.8) is 0 Å². The van der Waals surface area contributed by atoms with Gasteiger partial charge in [0.2, 0.25) is 5.75 Å². The number of ether oxygens (including phenoxy) is 5. The van der Waals surface area contributed by atoms with Crippen molar-refractivity contribution in [1.82, 2.24) is 15.5 Å². The van der Waals surface area contributed by atoms with Crippen LogP contribution in [0, 0.1) is 0 Å². The molecule has 2 N–H and O–H groups in total. The molecule has 9 heteroatoms. The zero-order valence-corrected chi connectivity index (χ0v) is 20.9. The maximum atomic E-state index is 12.8. The number of nitrogens with one attached hydrogen (secondary N) is 2. The summed E-state index contributed by atoms with van der Waals surface area (Å²) in [4.78, 5) is 15.1. The first-order chi connectivity index (χ1) is 17.1. The largest absolute Gasteiger partial charge is 0.497 e. The molecule has 1 heterocycles. The smallest absolute Gasteiger partial charge is 0.407 e. The maximum Gasteiger partial charge on any atom is 0.407 e. The predicted molar refractivity (Wildman–Crippen MR) is 133 cm³/mol. The zero-order chi connectivity index (χ0) is 24.8. The molecule has 1 amide bonds. The van der Waals surface area contributed by atoms with Crippen LogP contribution in [-0.4, -0.2) is 78.8 Å². The molecule has 2 aromatic rings. The Morgan fingerprint density at radius 3 is 2.49 bits per heavy atom. The molecule has 0 saturated carbocycles. The molecule has 1 fully saturated rings. The third-order valence-electron chi connectivity index (χ3n) is 6.66. The van der Waals surface area contributed by atoms with E-state index in [9.17, 15) is 4.79 Å². The lowest BCUT2D eigenvalue weighted by atomic mass is 9.93. The molecule has 0 bridgehead atoms. The molecule has 0 unspecified atom stereocenters. The van der Waals surface area contributed by atoms with Crippen LogP contribution in [0.5, 0.6) is 23.0 Å². The van der Waals surface area contributed by atoms with Gasteiger partial charge in [0.05, 0.1) is 34.5 Å². The van der Waals surface area contributed by atoms with Crippen LogP contribution in [0.1, 0.15) is 23.6 Å². The van der Waals surface area contributed by atoms with Gasteiger partial charge < -0.3 is 34.3 Å². The van der Waals surface area contributed by atoms with Gasteiger partial charge in [-0.1, -0.05) is 6.07 Å². The van der Waals surface area contributed by atoms with Crippen LogP contribution in [0.15, 0.2) is 24.3 Å². The second-order valence-corrected chi connectivity index (χ2v) is 8.60. The van der Waals surface area contributed by atoms with E-state index >= 15 is 0 Å². The van der Waals surface area contributed by atoms with Crippen molar-refractivity contribution >= 4 is 6.09 Å². The normalized spacial score (nSPS) is 17.4. The van der Waals surface area contributed by atoms with Gasteiger partial charge in [-0.3, -0.25) is 4.90 Å². The first kappa shape index (κ1) is 24.9. The average Bonchev–Trinajstić information content (AvgIpc) is 3.04. The number of alkyl carbamates (subject to hydrolysis) is 1. The van der Waals surface area contributed by atoms with E-state index in [1.165, 1.54) is 0 Å². The highest BCUT2D eigenvalue weighted by atomic mass is 16.5. The molecule has 0 aromatic heterocycles. The van der Waals surface area contributed by atoms with Gasteiger partial charge in [0.25, 0.3) is 0 Å². The lowest BCUT2D eigenvalue weighted by molar-refractivity contribution is 0.119. The van der Waals surface area contributed by atoms with Crippen LogP contribution in [0.2, 0.25) is 0 Å². The summed E-state index contributed by atoms with van der Waals surface area (Å²) >= 11 is 0. The minimum atomic E-state index is -0.424. The molecule has 2 aromatic carbocycles. The molecule has 1 atom stereocenters. The van der Waals surface area contributed by atoms with Gasteiger partial charge in [0.1, 0.15) is 12.4 Å². The highest BCUT2D eigenvalue weighted by molar-refractivity contribution is 5.83. The number of rotatable bonds is 8. The molecular formula is C26H35N3O6. The lowest BCUT2D eigenvalue weighted by Crippen LogP contribution is -2.45. The topological polar surface area (TPSA) is 90.5 Å². The van der Waals surface area contributed by atoms with Crippen LogP contribution in [0.4, 0.5) is 4.79 Å². The molecule has 35 heavy (non-hydrogen) atoms. The molecule has 2 aliphatic rings. The number of fused-ring (bicyclic) bond motifs is 3. The molecule has 0 spiro atoms. The van der Waals surface area contributed by atoms with Crippen molar-refractivity contribution < 1.29 is 28.5 Å². The molecule has 1 saturated heterocycles. The number of hydrogen-bond acceptors (Lipinski definition) is 8. The minimum absolute atomic E-state index is 0.263. The van der Waals surface area contributed by atoms with Crippen LogP contribution in [0.3, 0.4) is 0 Å². The highest BCUT2D eigenvalue weighted by Gasteiger charge is 2.30. The lowest BCUT2D eigenvalue weighted by Gasteiger charge is -2.27. The van der Waals surface area contributed by atoms with E-state index < -0.39 is 6.09 Å². The van der Waals surface area contributed by atoms with E-state index in [1.54, 1.807) is 28.4 Å². The van der Waals surface area contributed by atoms with E-state index in [-0.39, 0.29) is 6.04 Å². The second kappa shape index (κ2) is 11.5. The molecule has 0 radical (unpaired) electrons. The highest BCUT2D eigenvalue weighted by Crippen LogP contribution is 2.50. The van der Waals surface area contributed by atoms with E-state index in [2.05, 4.69) is 15.5 Å². The van der Waals surface area contributed by atoms with Gasteiger partial charge in [0.15, 0.2) is 11.5 Å². The first-order valence-corrected chi connectivity index (χ1v) is 12.0. The van der Waals surface area contributed by atoms with Crippen LogP contribution < -0.4 is 29.6 Å². The van der Waals surface area contributed by atoms with Gasteiger partial charge in [-0.15, -0.1) is 0 Å². The quantitative estimate of drug-likeness (QED) is 0.590. The standard InChI is InChI=1S/C26H35N3O6/c1-31-18-6-7-19-20(16-18)21(28-26(30)35-14-13-29-11-9-27-10-12-29)8-5-17-15-22(32-2)24(33-3)25(34-4)23(17)19/h6-7,15-16,21,27H,5,8-14H2,1-4H3,(H,28,30)/t21-/m1/s1. The summed E-state index contributed by atoms with van der Waals surface area (Å²) in [5.41, 5.74) is 3.87. The van der Waals surface area contributed by atoms with Crippen molar-refractivity contribution in [2.75, 3.05) is 67.8 Å². The number of piperazine rings is 1. The summed E-state index contributed by atoms with van der Waals surface area (Å²) in [5.74, 6) is 2.46. The Labute approximate surface area is 206 Å². The Balaban J connectivity index is 1.61. The van der Waals surface area contributed by atoms with Gasteiger partial charge >= 0.3 is 6.09 Å². The molecule has 9 nitrogen and oxygen atoms in total. The van der Waals surface area contributed by atoms with Crippen LogP contribution >= 0.6 is 0 Å². The number of carbonyl (C=O) groups is 1. The van der Waals surface area contributed by atoms with E-state index in [4.69, 9.17) is 23.7 Å². The fourth-order valence-electron chi connectivity index (χ4n) is 4.87. The Morgan fingerprint density at radius 2 is 1.80 bits per heavy atom. The van der Waals surface area contributed by atoms with Crippen molar-refractivity contribution in [1.29, 1.82) is 0 Å². The molecule has 4 rings (SSSR count). The Hall–Kier alpha value is -3.17. The zero-order valence-electron chi connectivity index (χ0n) is 20.9. The monoisotopic (exact) mass is 485 g/mol. The molecule has 1 aliphatic heterocycles. The number of benzene rings is 2. The number of aryl methyl sites for hydroxylation is 1. The number of amides is 1. The summed E-state index contributed by atoms with van der Waals surface area (Å²) in [6, 6.07) is 7.59. The summed E-state index contributed by atoms with van der Waals surface area (Å²) in [6.07, 6.45) is 0.958. The first-order valence-electron chi connectivity index (χ1n) is 12.0. The molecular weight excluding hydrogens is 450 g/mol. The average molecular weight is 486 g/mol. The van der Waals surface area contributed by atoms with Gasteiger partial charge in [-0.25, -0.2) is 4.79 Å². The van der Waals surface area contributed by atoms with Gasteiger partial charge in [-0.2, -0.15) is 0 Å². The van der Waals surface area contributed by atoms with Crippen LogP contribution in [0.25, 0.3) is 11.1 Å². The Kier molecular flexibility index (Phi) is 8.20. The number of carbonyl (C=O) groups excluding carboxylic acids is 1. The van der Waals surface area contributed by atoms with E-state index in [0.29, 0.717) is 42.4 Å². The minimum Gasteiger partial charge on any atom is -0.497 e. The van der Waals surface area contributed by atoms with Gasteiger partial charge in [-0.05, 0) is 47.7 Å².